The van der Waals surface area contributed by atoms with Crippen molar-refractivity contribution in [3.63, 3.8) is 0 Å². The number of amides is 3. The van der Waals surface area contributed by atoms with Crippen molar-refractivity contribution < 1.29 is 28.6 Å². The lowest BCUT2D eigenvalue weighted by molar-refractivity contribution is 0.0656. The van der Waals surface area contributed by atoms with Gasteiger partial charge in [0, 0.05) is 23.9 Å². The smallest absolute Gasteiger partial charge is 0.261 e. The van der Waals surface area contributed by atoms with Gasteiger partial charge in [0.25, 0.3) is 17.7 Å². The molecule has 0 aromatic heterocycles. The van der Waals surface area contributed by atoms with E-state index >= 15 is 0 Å². The van der Waals surface area contributed by atoms with Crippen LogP contribution in [0.3, 0.4) is 0 Å². The number of hydrogen-bond acceptors (Lipinski definition) is 6. The van der Waals surface area contributed by atoms with Gasteiger partial charge in [0.15, 0.2) is 11.5 Å². The first kappa shape index (κ1) is 22.8. The molecule has 0 radical (unpaired) electrons. The number of imide groups is 1. The monoisotopic (exact) mass is 460 g/mol. The molecule has 3 aromatic carbocycles. The largest absolute Gasteiger partial charge is 0.497 e. The van der Waals surface area contributed by atoms with Crippen molar-refractivity contribution in [3.8, 4) is 17.2 Å². The van der Waals surface area contributed by atoms with Crippen LogP contribution in [0.25, 0.3) is 0 Å². The summed E-state index contributed by atoms with van der Waals surface area (Å²) in [6.45, 7) is 0.202. The maximum absolute atomic E-state index is 13.0. The highest BCUT2D eigenvalue weighted by Crippen LogP contribution is 2.29. The molecular formula is C26H24N2O6. The van der Waals surface area contributed by atoms with Gasteiger partial charge in [-0.1, -0.05) is 12.1 Å². The van der Waals surface area contributed by atoms with Crippen LogP contribution in [0.2, 0.25) is 0 Å². The number of nitrogens with zero attached hydrogens (tertiary/aromatic N) is 1. The molecule has 1 N–H and O–H groups in total. The number of nitrogens with one attached hydrogen (secondary N) is 1. The summed E-state index contributed by atoms with van der Waals surface area (Å²) >= 11 is 0. The molecule has 0 saturated heterocycles. The maximum Gasteiger partial charge on any atom is 0.261 e. The lowest BCUT2D eigenvalue weighted by Gasteiger charge is -2.14. The predicted octanol–water partition coefficient (Wildman–Crippen LogP) is 3.80. The molecule has 174 valence electrons. The van der Waals surface area contributed by atoms with Crippen LogP contribution in [0, 0.1) is 0 Å². The Morgan fingerprint density at radius 3 is 2.32 bits per heavy atom. The van der Waals surface area contributed by atoms with E-state index in [1.54, 1.807) is 51.7 Å². The molecule has 0 fully saturated rings. The van der Waals surface area contributed by atoms with Gasteiger partial charge in [0.1, 0.15) is 5.75 Å². The zero-order valence-electron chi connectivity index (χ0n) is 19.1. The number of methoxy groups -OCH3 is 3. The van der Waals surface area contributed by atoms with Crippen LogP contribution in [-0.2, 0) is 6.42 Å². The van der Waals surface area contributed by atoms with Gasteiger partial charge in [-0.15, -0.1) is 0 Å². The molecule has 8 heteroatoms. The van der Waals surface area contributed by atoms with Gasteiger partial charge in [-0.25, -0.2) is 0 Å². The average Bonchev–Trinajstić information content (AvgIpc) is 3.11. The number of carbonyl (C=O) groups excluding carboxylic acids is 3. The third kappa shape index (κ3) is 4.43. The van der Waals surface area contributed by atoms with E-state index in [2.05, 4.69) is 5.32 Å². The van der Waals surface area contributed by atoms with E-state index < -0.39 is 5.91 Å². The molecular weight excluding hydrogens is 436 g/mol. The van der Waals surface area contributed by atoms with Crippen LogP contribution in [0.1, 0.15) is 36.6 Å². The van der Waals surface area contributed by atoms with Gasteiger partial charge in [-0.2, -0.15) is 0 Å². The van der Waals surface area contributed by atoms with Gasteiger partial charge in [0.05, 0.1) is 32.5 Å². The van der Waals surface area contributed by atoms with E-state index in [-0.39, 0.29) is 35.0 Å². The highest BCUT2D eigenvalue weighted by molar-refractivity contribution is 6.22. The topological polar surface area (TPSA) is 94.2 Å². The van der Waals surface area contributed by atoms with E-state index in [0.29, 0.717) is 29.4 Å². The minimum absolute atomic E-state index is 0.202. The Labute approximate surface area is 197 Å². The summed E-state index contributed by atoms with van der Waals surface area (Å²) < 4.78 is 15.7. The average molecular weight is 460 g/mol. The first-order valence-corrected chi connectivity index (χ1v) is 10.6. The van der Waals surface area contributed by atoms with E-state index in [1.165, 1.54) is 23.1 Å². The van der Waals surface area contributed by atoms with Crippen LogP contribution >= 0.6 is 0 Å². The highest BCUT2D eigenvalue weighted by Gasteiger charge is 2.35. The Morgan fingerprint density at radius 2 is 1.59 bits per heavy atom. The molecule has 3 aromatic rings. The van der Waals surface area contributed by atoms with Crippen LogP contribution < -0.4 is 19.5 Å². The molecule has 8 nitrogen and oxygen atoms in total. The molecule has 34 heavy (non-hydrogen) atoms. The van der Waals surface area contributed by atoms with E-state index in [9.17, 15) is 14.4 Å². The fourth-order valence-electron chi connectivity index (χ4n) is 3.82. The number of hydrogen-bond donors (Lipinski definition) is 1. The fraction of sp³-hybridized carbons (Fsp3) is 0.192. The molecule has 1 aliphatic heterocycles. The summed E-state index contributed by atoms with van der Waals surface area (Å²) in [6, 6.07) is 16.9. The molecule has 0 saturated carbocycles. The summed E-state index contributed by atoms with van der Waals surface area (Å²) in [5.41, 5.74) is 2.24. The highest BCUT2D eigenvalue weighted by atomic mass is 16.5. The number of rotatable bonds is 8. The first-order valence-electron chi connectivity index (χ1n) is 10.6. The Bertz CT molecular complexity index is 1270. The molecule has 3 amide bonds. The Hall–Kier alpha value is -4.33. The standard InChI is InChI=1S/C26H24N2O6/c1-32-19-6-4-5-18(15-19)27-24(29)17-8-9-20-21(14-17)26(31)28(25(20)30)12-11-16-7-10-22(33-2)23(13-16)34-3/h4-10,13-15H,11-12H2,1-3H3,(H,27,29). The van der Waals surface area contributed by atoms with Crippen LogP contribution in [0.4, 0.5) is 5.69 Å². The third-order valence-electron chi connectivity index (χ3n) is 5.63. The van der Waals surface area contributed by atoms with Crippen molar-refractivity contribution >= 4 is 23.4 Å². The molecule has 4 rings (SSSR count). The number of ether oxygens (including phenoxy) is 3. The summed E-state index contributed by atoms with van der Waals surface area (Å²) in [7, 11) is 4.65. The van der Waals surface area contributed by atoms with Gasteiger partial charge in [-0.3, -0.25) is 19.3 Å². The quantitative estimate of drug-likeness (QED) is 0.514. The zero-order chi connectivity index (χ0) is 24.2. The first-order chi connectivity index (χ1) is 16.4. The summed E-state index contributed by atoms with van der Waals surface area (Å²) in [6.07, 6.45) is 0.453. The lowest BCUT2D eigenvalue weighted by Crippen LogP contribution is -2.31. The molecule has 1 aliphatic rings. The molecule has 0 spiro atoms. The van der Waals surface area contributed by atoms with Gasteiger partial charge in [-0.05, 0) is 54.4 Å². The normalized spacial score (nSPS) is 12.4. The summed E-state index contributed by atoms with van der Waals surface area (Å²) in [5.74, 6) is 0.607. The van der Waals surface area contributed by atoms with Crippen molar-refractivity contribution in [1.29, 1.82) is 0 Å². The predicted molar refractivity (Wildman–Crippen MR) is 126 cm³/mol. The number of anilines is 1. The second kappa shape index (κ2) is 9.66. The van der Waals surface area contributed by atoms with Crippen molar-refractivity contribution in [3.05, 3.63) is 82.9 Å². The van der Waals surface area contributed by atoms with Gasteiger partial charge in [0.2, 0.25) is 0 Å². The second-order valence-electron chi connectivity index (χ2n) is 7.65. The van der Waals surface area contributed by atoms with Crippen molar-refractivity contribution in [2.24, 2.45) is 0 Å². The molecule has 0 unspecified atom stereocenters. The Morgan fingerprint density at radius 1 is 0.824 bits per heavy atom. The molecule has 1 heterocycles. The van der Waals surface area contributed by atoms with E-state index in [1.807, 2.05) is 12.1 Å². The number of benzene rings is 3. The van der Waals surface area contributed by atoms with Crippen molar-refractivity contribution in [2.75, 3.05) is 33.2 Å². The van der Waals surface area contributed by atoms with Crippen LogP contribution in [0.15, 0.2) is 60.7 Å². The van der Waals surface area contributed by atoms with Crippen LogP contribution in [0.5, 0.6) is 17.2 Å². The summed E-state index contributed by atoms with van der Waals surface area (Å²) in [5, 5.41) is 2.78. The minimum Gasteiger partial charge on any atom is -0.497 e. The molecule has 0 aliphatic carbocycles. The fourth-order valence-corrected chi connectivity index (χ4v) is 3.82. The second-order valence-corrected chi connectivity index (χ2v) is 7.65. The van der Waals surface area contributed by atoms with Crippen molar-refractivity contribution in [2.45, 2.75) is 6.42 Å². The van der Waals surface area contributed by atoms with E-state index in [4.69, 9.17) is 14.2 Å². The third-order valence-corrected chi connectivity index (χ3v) is 5.63. The molecule has 0 bridgehead atoms. The molecule has 0 atom stereocenters. The Balaban J connectivity index is 1.48. The van der Waals surface area contributed by atoms with Gasteiger partial charge >= 0.3 is 0 Å². The van der Waals surface area contributed by atoms with E-state index in [0.717, 1.165) is 5.56 Å². The number of carbonyl (C=O) groups is 3. The maximum atomic E-state index is 13.0. The summed E-state index contributed by atoms with van der Waals surface area (Å²) in [4.78, 5) is 39.7. The minimum atomic E-state index is -0.420. The van der Waals surface area contributed by atoms with Crippen LogP contribution in [-0.4, -0.2) is 50.5 Å². The zero-order valence-corrected chi connectivity index (χ0v) is 19.1. The Kier molecular flexibility index (Phi) is 6.49. The van der Waals surface area contributed by atoms with Gasteiger partial charge < -0.3 is 19.5 Å². The lowest BCUT2D eigenvalue weighted by atomic mass is 10.1. The number of fused-ring (bicyclic) bond motifs is 1. The SMILES string of the molecule is COc1cccc(NC(=O)c2ccc3c(c2)C(=O)N(CCc2ccc(OC)c(OC)c2)C3=O)c1. The van der Waals surface area contributed by atoms with Crippen molar-refractivity contribution in [1.82, 2.24) is 4.90 Å².